The van der Waals surface area contributed by atoms with Gasteiger partial charge in [0.1, 0.15) is 5.78 Å². The normalized spacial score (nSPS) is 20.5. The Balaban J connectivity index is 2.04. The zero-order chi connectivity index (χ0) is 10.7. The molecule has 1 fully saturated rings. The van der Waals surface area contributed by atoms with Gasteiger partial charge in [-0.05, 0) is 37.3 Å². The van der Waals surface area contributed by atoms with Crippen molar-refractivity contribution < 1.29 is 4.79 Å². The molecule has 1 aromatic rings. The van der Waals surface area contributed by atoms with Gasteiger partial charge in [0.15, 0.2) is 0 Å². The Bertz CT molecular complexity index is 310. The predicted octanol–water partition coefficient (Wildman–Crippen LogP) is 2.77. The number of ketones is 1. The summed E-state index contributed by atoms with van der Waals surface area (Å²) in [5.41, 5.74) is 0. The summed E-state index contributed by atoms with van der Waals surface area (Å²) in [7, 11) is 2.01. The molecule has 1 heterocycles. The van der Waals surface area contributed by atoms with Crippen LogP contribution in [0.25, 0.3) is 0 Å². The van der Waals surface area contributed by atoms with E-state index < -0.39 is 0 Å². The summed E-state index contributed by atoms with van der Waals surface area (Å²) in [5.74, 6) is 1.07. The highest BCUT2D eigenvalue weighted by Gasteiger charge is 2.26. The molecule has 1 aromatic heterocycles. The lowest BCUT2D eigenvalue weighted by Gasteiger charge is -2.28. The Labute approximate surface area is 94.7 Å². The minimum absolute atomic E-state index is 0.437. The standard InChI is InChI=1S/C12H17NOS/c1-13-12(11-3-2-8-15-11)9-4-6-10(14)7-5-9/h2-3,8-9,12-13H,4-7H2,1H3. The van der Waals surface area contributed by atoms with Crippen molar-refractivity contribution in [1.82, 2.24) is 5.32 Å². The predicted molar refractivity (Wildman–Crippen MR) is 63.1 cm³/mol. The average molecular weight is 223 g/mol. The molecule has 1 aliphatic carbocycles. The van der Waals surface area contributed by atoms with Gasteiger partial charge in [-0.15, -0.1) is 11.3 Å². The van der Waals surface area contributed by atoms with E-state index in [-0.39, 0.29) is 0 Å². The fourth-order valence-electron chi connectivity index (χ4n) is 2.37. The molecular weight excluding hydrogens is 206 g/mol. The Morgan fingerprint density at radius 3 is 2.73 bits per heavy atom. The minimum Gasteiger partial charge on any atom is -0.312 e. The van der Waals surface area contributed by atoms with Gasteiger partial charge in [0.25, 0.3) is 0 Å². The van der Waals surface area contributed by atoms with Gasteiger partial charge in [-0.2, -0.15) is 0 Å². The molecule has 0 amide bonds. The number of carbonyl (C=O) groups excluding carboxylic acids is 1. The molecule has 15 heavy (non-hydrogen) atoms. The summed E-state index contributed by atoms with van der Waals surface area (Å²) in [6.45, 7) is 0. The fourth-order valence-corrected chi connectivity index (χ4v) is 3.30. The minimum atomic E-state index is 0.437. The van der Waals surface area contributed by atoms with Crippen LogP contribution in [0, 0.1) is 5.92 Å². The van der Waals surface area contributed by atoms with E-state index in [1.807, 2.05) is 7.05 Å². The molecule has 0 aliphatic heterocycles. The number of rotatable bonds is 3. The monoisotopic (exact) mass is 223 g/mol. The van der Waals surface area contributed by atoms with Gasteiger partial charge >= 0.3 is 0 Å². The SMILES string of the molecule is CNC(c1cccs1)C1CCC(=O)CC1. The van der Waals surface area contributed by atoms with Gasteiger partial charge in [-0.25, -0.2) is 0 Å². The second-order valence-corrected chi connectivity index (χ2v) is 5.14. The van der Waals surface area contributed by atoms with E-state index in [0.29, 0.717) is 17.7 Å². The van der Waals surface area contributed by atoms with Crippen molar-refractivity contribution in [2.75, 3.05) is 7.05 Å². The van der Waals surface area contributed by atoms with Crippen LogP contribution >= 0.6 is 11.3 Å². The molecular formula is C12H17NOS. The zero-order valence-electron chi connectivity index (χ0n) is 9.03. The number of Topliss-reactive ketones (excluding diaryl/α,β-unsaturated/α-hetero) is 1. The van der Waals surface area contributed by atoms with Crippen LogP contribution in [0.15, 0.2) is 17.5 Å². The van der Waals surface area contributed by atoms with E-state index in [9.17, 15) is 4.79 Å². The number of hydrogen-bond donors (Lipinski definition) is 1. The Morgan fingerprint density at radius 1 is 1.47 bits per heavy atom. The zero-order valence-corrected chi connectivity index (χ0v) is 9.85. The molecule has 1 saturated carbocycles. The first-order valence-electron chi connectivity index (χ1n) is 5.53. The summed E-state index contributed by atoms with van der Waals surface area (Å²) >= 11 is 1.80. The van der Waals surface area contributed by atoms with Crippen LogP contribution in [0.3, 0.4) is 0 Å². The van der Waals surface area contributed by atoms with E-state index in [1.54, 1.807) is 11.3 Å². The van der Waals surface area contributed by atoms with Crippen LogP contribution in [0.4, 0.5) is 0 Å². The van der Waals surface area contributed by atoms with Crippen molar-refractivity contribution in [2.45, 2.75) is 31.7 Å². The van der Waals surface area contributed by atoms with Gasteiger partial charge in [-0.1, -0.05) is 6.07 Å². The molecule has 0 bridgehead atoms. The Kier molecular flexibility index (Phi) is 3.54. The third-order valence-electron chi connectivity index (χ3n) is 3.22. The Morgan fingerprint density at radius 2 is 2.20 bits per heavy atom. The van der Waals surface area contributed by atoms with Crippen LogP contribution < -0.4 is 5.32 Å². The van der Waals surface area contributed by atoms with Crippen molar-refractivity contribution in [2.24, 2.45) is 5.92 Å². The molecule has 1 unspecified atom stereocenters. The van der Waals surface area contributed by atoms with Crippen LogP contribution in [0.5, 0.6) is 0 Å². The lowest BCUT2D eigenvalue weighted by atomic mass is 9.83. The van der Waals surface area contributed by atoms with Crippen molar-refractivity contribution in [3.8, 4) is 0 Å². The number of carbonyl (C=O) groups is 1. The molecule has 1 atom stereocenters. The third kappa shape index (κ3) is 2.47. The molecule has 0 spiro atoms. The summed E-state index contributed by atoms with van der Waals surface area (Å²) in [4.78, 5) is 12.6. The first-order chi connectivity index (χ1) is 7.31. The van der Waals surface area contributed by atoms with E-state index >= 15 is 0 Å². The van der Waals surface area contributed by atoms with Crippen molar-refractivity contribution in [3.63, 3.8) is 0 Å². The van der Waals surface area contributed by atoms with Crippen molar-refractivity contribution in [1.29, 1.82) is 0 Å². The van der Waals surface area contributed by atoms with E-state index in [1.165, 1.54) is 4.88 Å². The summed E-state index contributed by atoms with van der Waals surface area (Å²) in [6.07, 6.45) is 3.63. The first-order valence-corrected chi connectivity index (χ1v) is 6.41. The average Bonchev–Trinajstić information content (AvgIpc) is 2.75. The molecule has 2 nitrogen and oxygen atoms in total. The second-order valence-electron chi connectivity index (χ2n) is 4.16. The highest BCUT2D eigenvalue weighted by atomic mass is 32.1. The molecule has 0 radical (unpaired) electrons. The van der Waals surface area contributed by atoms with Gasteiger partial charge in [0.2, 0.25) is 0 Å². The summed E-state index contributed by atoms with van der Waals surface area (Å²) < 4.78 is 0. The van der Waals surface area contributed by atoms with Crippen LogP contribution in [0.2, 0.25) is 0 Å². The number of thiophene rings is 1. The number of hydrogen-bond acceptors (Lipinski definition) is 3. The second kappa shape index (κ2) is 4.90. The van der Waals surface area contributed by atoms with Crippen molar-refractivity contribution in [3.05, 3.63) is 22.4 Å². The third-order valence-corrected chi connectivity index (χ3v) is 4.18. The summed E-state index contributed by atoms with van der Waals surface area (Å²) in [6, 6.07) is 4.72. The maximum atomic E-state index is 11.2. The van der Waals surface area contributed by atoms with E-state index in [4.69, 9.17) is 0 Å². The van der Waals surface area contributed by atoms with E-state index in [2.05, 4.69) is 22.8 Å². The van der Waals surface area contributed by atoms with Gasteiger partial charge < -0.3 is 5.32 Å². The van der Waals surface area contributed by atoms with Gasteiger partial charge in [0.05, 0.1) is 0 Å². The van der Waals surface area contributed by atoms with E-state index in [0.717, 1.165) is 25.7 Å². The van der Waals surface area contributed by atoms with Crippen LogP contribution in [0.1, 0.15) is 36.6 Å². The quantitative estimate of drug-likeness (QED) is 0.853. The first kappa shape index (κ1) is 10.8. The maximum absolute atomic E-state index is 11.2. The fraction of sp³-hybridized carbons (Fsp3) is 0.583. The van der Waals surface area contributed by atoms with Crippen molar-refractivity contribution >= 4 is 17.1 Å². The Hall–Kier alpha value is -0.670. The van der Waals surface area contributed by atoms with Crippen LogP contribution in [-0.2, 0) is 4.79 Å². The molecule has 82 valence electrons. The smallest absolute Gasteiger partial charge is 0.132 e. The molecule has 0 aromatic carbocycles. The largest absolute Gasteiger partial charge is 0.312 e. The molecule has 1 N–H and O–H groups in total. The van der Waals surface area contributed by atoms with Gasteiger partial charge in [0, 0.05) is 23.8 Å². The molecule has 3 heteroatoms. The molecule has 1 aliphatic rings. The summed E-state index contributed by atoms with van der Waals surface area (Å²) in [5, 5.41) is 5.51. The van der Waals surface area contributed by atoms with Gasteiger partial charge in [-0.3, -0.25) is 4.79 Å². The lowest BCUT2D eigenvalue weighted by molar-refractivity contribution is -0.121. The lowest BCUT2D eigenvalue weighted by Crippen LogP contribution is -2.28. The molecule has 2 rings (SSSR count). The maximum Gasteiger partial charge on any atom is 0.132 e. The highest BCUT2D eigenvalue weighted by Crippen LogP contribution is 2.34. The number of nitrogens with one attached hydrogen (secondary N) is 1. The van der Waals surface area contributed by atoms with Crippen LogP contribution in [-0.4, -0.2) is 12.8 Å². The molecule has 0 saturated heterocycles. The topological polar surface area (TPSA) is 29.1 Å². The highest BCUT2D eigenvalue weighted by molar-refractivity contribution is 7.10.